The highest BCUT2D eigenvalue weighted by molar-refractivity contribution is 6.57. The highest BCUT2D eigenvalue weighted by Gasteiger charge is 2.16. The van der Waals surface area contributed by atoms with Gasteiger partial charge in [-0.3, -0.25) is 4.79 Å². The van der Waals surface area contributed by atoms with Crippen LogP contribution < -0.4 is 10.2 Å². The summed E-state index contributed by atoms with van der Waals surface area (Å²) in [5, 5.41) is 12.0. The third-order valence-corrected chi connectivity index (χ3v) is 3.23. The van der Waals surface area contributed by atoms with Crippen LogP contribution in [0.5, 0.6) is 0 Å². The number of anilines is 1. The molecule has 2 N–H and O–H groups in total. The van der Waals surface area contributed by atoms with Gasteiger partial charge < -0.3 is 15.3 Å². The molecule has 4 nitrogen and oxygen atoms in total. The van der Waals surface area contributed by atoms with Crippen LogP contribution in [0.15, 0.2) is 24.3 Å². The maximum absolute atomic E-state index is 10.6. The molecule has 1 fully saturated rings. The van der Waals surface area contributed by atoms with E-state index >= 15 is 0 Å². The molecule has 1 aliphatic heterocycles. The van der Waals surface area contributed by atoms with E-state index in [-0.39, 0.29) is 6.10 Å². The Bertz CT molecular complexity index is 400. The van der Waals surface area contributed by atoms with Crippen LogP contribution in [-0.2, 0) is 6.54 Å². The molecule has 0 aliphatic carbocycles. The largest absolute Gasteiger partial charge is 0.393 e. The Hall–Kier alpha value is -1.49. The number of rotatable bonds is 3. The lowest BCUT2D eigenvalue weighted by atomic mass is 10.1. The number of piperidine rings is 1. The van der Waals surface area contributed by atoms with Gasteiger partial charge in [0.05, 0.1) is 6.10 Å². The van der Waals surface area contributed by atoms with Gasteiger partial charge in [-0.1, -0.05) is 12.1 Å². The number of carbonyl (C=O) groups excluding carboxylic acids is 1. The Labute approximate surface area is 108 Å². The zero-order valence-corrected chi connectivity index (χ0v) is 10.3. The Balaban J connectivity index is 1.93. The van der Waals surface area contributed by atoms with Crippen molar-refractivity contribution in [2.24, 2.45) is 0 Å². The smallest absolute Gasteiger partial charge is 0.200 e. The Kier molecular flexibility index (Phi) is 4.26. The second-order valence-corrected chi connectivity index (χ2v) is 4.60. The van der Waals surface area contributed by atoms with E-state index in [4.69, 9.17) is 7.85 Å². The first kappa shape index (κ1) is 13.0. The molecule has 0 atom stereocenters. The van der Waals surface area contributed by atoms with Gasteiger partial charge in [0.1, 0.15) is 0 Å². The predicted molar refractivity (Wildman–Crippen MR) is 71.9 cm³/mol. The molecule has 1 aromatic rings. The summed E-state index contributed by atoms with van der Waals surface area (Å²) in [7, 11) is 5.02. The standard InChI is InChI=1S/C13H17BN2O2/c14-13(18)15-9-10-1-3-11(4-2-10)16-7-5-12(17)6-8-16/h1-4,12,17H,5-9H2,(H,15,18). The number of benzene rings is 1. The fourth-order valence-corrected chi connectivity index (χ4v) is 2.14. The normalized spacial score (nSPS) is 16.6. The molecule has 18 heavy (non-hydrogen) atoms. The van der Waals surface area contributed by atoms with Crippen molar-refractivity contribution in [1.82, 2.24) is 5.32 Å². The van der Waals surface area contributed by atoms with Crippen LogP contribution in [0.3, 0.4) is 0 Å². The number of nitrogens with zero attached hydrogens (tertiary/aromatic N) is 1. The van der Waals surface area contributed by atoms with Gasteiger partial charge in [0.15, 0.2) is 5.81 Å². The highest BCUT2D eigenvalue weighted by Crippen LogP contribution is 2.20. The van der Waals surface area contributed by atoms with E-state index in [1.54, 1.807) is 0 Å². The summed E-state index contributed by atoms with van der Waals surface area (Å²) in [4.78, 5) is 12.9. The molecule has 0 bridgehead atoms. The first-order valence-electron chi connectivity index (χ1n) is 6.20. The minimum atomic E-state index is -0.510. The Morgan fingerprint density at radius 1 is 1.33 bits per heavy atom. The van der Waals surface area contributed by atoms with Gasteiger partial charge in [0.25, 0.3) is 0 Å². The topological polar surface area (TPSA) is 52.6 Å². The number of carbonyl (C=O) groups is 1. The molecule has 2 rings (SSSR count). The molecule has 0 unspecified atom stereocenters. The molecule has 5 heteroatoms. The maximum atomic E-state index is 10.6. The second-order valence-electron chi connectivity index (χ2n) is 4.60. The summed E-state index contributed by atoms with van der Waals surface area (Å²) >= 11 is 0. The molecule has 1 aliphatic rings. The van der Waals surface area contributed by atoms with Crippen LogP contribution in [-0.4, -0.2) is 38.0 Å². The number of aliphatic hydroxyl groups excluding tert-OH is 1. The summed E-state index contributed by atoms with van der Waals surface area (Å²) in [5.74, 6) is -0.510. The minimum Gasteiger partial charge on any atom is -0.393 e. The fraction of sp³-hybridized carbons (Fsp3) is 0.462. The average Bonchev–Trinajstić information content (AvgIpc) is 2.38. The van der Waals surface area contributed by atoms with E-state index < -0.39 is 5.81 Å². The van der Waals surface area contributed by atoms with Crippen LogP contribution in [0.4, 0.5) is 10.5 Å². The van der Waals surface area contributed by atoms with E-state index in [9.17, 15) is 9.90 Å². The summed E-state index contributed by atoms with van der Waals surface area (Å²) in [5.41, 5.74) is 2.18. The van der Waals surface area contributed by atoms with Gasteiger partial charge in [-0.05, 0) is 30.5 Å². The molecule has 94 valence electrons. The van der Waals surface area contributed by atoms with Crippen molar-refractivity contribution in [3.8, 4) is 0 Å². The van der Waals surface area contributed by atoms with Gasteiger partial charge in [-0.15, -0.1) is 0 Å². The van der Waals surface area contributed by atoms with Crippen molar-refractivity contribution < 1.29 is 9.90 Å². The van der Waals surface area contributed by atoms with E-state index in [0.29, 0.717) is 6.54 Å². The molecule has 0 saturated carbocycles. The van der Waals surface area contributed by atoms with E-state index in [0.717, 1.165) is 37.2 Å². The minimum absolute atomic E-state index is 0.153. The molecular weight excluding hydrogens is 227 g/mol. The van der Waals surface area contributed by atoms with Gasteiger partial charge >= 0.3 is 0 Å². The average molecular weight is 244 g/mol. The first-order valence-corrected chi connectivity index (χ1v) is 6.20. The zero-order chi connectivity index (χ0) is 13.0. The van der Waals surface area contributed by atoms with Crippen molar-refractivity contribution in [2.75, 3.05) is 18.0 Å². The molecule has 1 aromatic carbocycles. The summed E-state index contributed by atoms with van der Waals surface area (Å²) < 4.78 is 0. The summed E-state index contributed by atoms with van der Waals surface area (Å²) in [6.07, 6.45) is 1.50. The molecule has 1 amide bonds. The summed E-state index contributed by atoms with van der Waals surface area (Å²) in [6.45, 7) is 2.23. The van der Waals surface area contributed by atoms with E-state index in [1.165, 1.54) is 0 Å². The van der Waals surface area contributed by atoms with Crippen LogP contribution in [0, 0.1) is 0 Å². The number of hydrogen-bond acceptors (Lipinski definition) is 3. The van der Waals surface area contributed by atoms with Crippen molar-refractivity contribution >= 4 is 19.3 Å². The van der Waals surface area contributed by atoms with Gasteiger partial charge in [0.2, 0.25) is 7.85 Å². The summed E-state index contributed by atoms with van der Waals surface area (Å²) in [6, 6.07) is 8.04. The molecule has 2 radical (unpaired) electrons. The van der Waals surface area contributed by atoms with Crippen LogP contribution >= 0.6 is 0 Å². The zero-order valence-electron chi connectivity index (χ0n) is 10.3. The third-order valence-electron chi connectivity index (χ3n) is 3.23. The van der Waals surface area contributed by atoms with Crippen LogP contribution in [0.25, 0.3) is 0 Å². The van der Waals surface area contributed by atoms with Crippen molar-refractivity contribution in [1.29, 1.82) is 0 Å². The van der Waals surface area contributed by atoms with E-state index in [2.05, 4.69) is 10.2 Å². The molecule has 1 heterocycles. The maximum Gasteiger partial charge on any atom is 0.200 e. The van der Waals surface area contributed by atoms with Gasteiger partial charge in [0, 0.05) is 25.3 Å². The Morgan fingerprint density at radius 2 is 1.94 bits per heavy atom. The number of aliphatic hydroxyl groups is 1. The number of nitrogens with one attached hydrogen (secondary N) is 1. The highest BCUT2D eigenvalue weighted by atomic mass is 16.3. The predicted octanol–water partition coefficient (Wildman–Crippen LogP) is 1.03. The third kappa shape index (κ3) is 3.50. The van der Waals surface area contributed by atoms with E-state index in [1.807, 2.05) is 24.3 Å². The molecular formula is C13H17BN2O2. The molecule has 1 saturated heterocycles. The fourth-order valence-electron chi connectivity index (χ4n) is 2.14. The molecule has 0 aromatic heterocycles. The lowest BCUT2D eigenvalue weighted by Gasteiger charge is -2.31. The molecule has 0 spiro atoms. The monoisotopic (exact) mass is 244 g/mol. The van der Waals surface area contributed by atoms with Gasteiger partial charge in [-0.25, -0.2) is 0 Å². The quantitative estimate of drug-likeness (QED) is 0.780. The lowest BCUT2D eigenvalue weighted by molar-refractivity contribution is 0.145. The van der Waals surface area contributed by atoms with Crippen molar-refractivity contribution in [3.05, 3.63) is 29.8 Å². The Morgan fingerprint density at radius 3 is 2.50 bits per heavy atom. The lowest BCUT2D eigenvalue weighted by Crippen LogP contribution is -2.35. The second kappa shape index (κ2) is 5.91. The number of hydrogen-bond donors (Lipinski definition) is 2. The SMILES string of the molecule is [B]C(=O)NCc1ccc(N2CCC(O)CC2)cc1. The van der Waals surface area contributed by atoms with Crippen molar-refractivity contribution in [3.63, 3.8) is 0 Å². The van der Waals surface area contributed by atoms with Gasteiger partial charge in [-0.2, -0.15) is 0 Å². The van der Waals surface area contributed by atoms with Crippen molar-refractivity contribution in [2.45, 2.75) is 25.5 Å². The number of amides is 1. The van der Waals surface area contributed by atoms with Crippen LogP contribution in [0.1, 0.15) is 18.4 Å². The first-order chi connectivity index (χ1) is 8.65. The van der Waals surface area contributed by atoms with Crippen LogP contribution in [0.2, 0.25) is 0 Å².